The molecule has 0 fully saturated rings. The predicted octanol–water partition coefficient (Wildman–Crippen LogP) is 3.36. The van der Waals surface area contributed by atoms with Crippen molar-refractivity contribution in [2.45, 2.75) is 25.9 Å². The number of ether oxygens (including phenoxy) is 1. The van der Waals surface area contributed by atoms with Crippen LogP contribution in [-0.2, 0) is 6.54 Å². The molecule has 0 saturated heterocycles. The van der Waals surface area contributed by atoms with Crippen LogP contribution in [0.1, 0.15) is 29.8 Å². The topological polar surface area (TPSA) is 41.5 Å². The summed E-state index contributed by atoms with van der Waals surface area (Å²) in [4.78, 5) is 1.36. The fourth-order valence-electron chi connectivity index (χ4n) is 2.12. The van der Waals surface area contributed by atoms with Crippen molar-refractivity contribution >= 4 is 11.3 Å². The molecule has 0 aliphatic heterocycles. The van der Waals surface area contributed by atoms with E-state index in [-0.39, 0.29) is 6.61 Å². The molecule has 2 N–H and O–H groups in total. The van der Waals surface area contributed by atoms with Gasteiger partial charge in [-0.15, -0.1) is 11.3 Å². The molecule has 0 aliphatic rings. The summed E-state index contributed by atoms with van der Waals surface area (Å²) in [6.07, 6.45) is 1.06. The largest absolute Gasteiger partial charge is 0.491 e. The highest BCUT2D eigenvalue weighted by Crippen LogP contribution is 2.24. The third-order valence-corrected chi connectivity index (χ3v) is 4.14. The average molecular weight is 291 g/mol. The van der Waals surface area contributed by atoms with Crippen molar-refractivity contribution in [1.29, 1.82) is 0 Å². The van der Waals surface area contributed by atoms with Gasteiger partial charge in [-0.05, 0) is 23.9 Å². The van der Waals surface area contributed by atoms with Crippen LogP contribution < -0.4 is 10.1 Å². The van der Waals surface area contributed by atoms with Crippen LogP contribution in [0.3, 0.4) is 0 Å². The van der Waals surface area contributed by atoms with Crippen molar-refractivity contribution in [2.24, 2.45) is 0 Å². The molecular weight excluding hydrogens is 270 g/mol. The van der Waals surface area contributed by atoms with E-state index in [4.69, 9.17) is 9.84 Å². The van der Waals surface area contributed by atoms with E-state index in [9.17, 15) is 0 Å². The maximum atomic E-state index is 8.86. The Hall–Kier alpha value is -1.36. The Balaban J connectivity index is 1.99. The highest BCUT2D eigenvalue weighted by Gasteiger charge is 2.11. The van der Waals surface area contributed by atoms with E-state index in [2.05, 4.69) is 35.8 Å². The van der Waals surface area contributed by atoms with Gasteiger partial charge in [0.1, 0.15) is 12.4 Å². The summed E-state index contributed by atoms with van der Waals surface area (Å²) < 4.78 is 5.56. The van der Waals surface area contributed by atoms with E-state index in [0.29, 0.717) is 12.6 Å². The second-order valence-corrected chi connectivity index (χ2v) is 5.52. The van der Waals surface area contributed by atoms with Crippen LogP contribution in [0.25, 0.3) is 0 Å². The fraction of sp³-hybridized carbons (Fsp3) is 0.375. The number of nitrogens with one attached hydrogen (secondary N) is 1. The number of thiophene rings is 1. The van der Waals surface area contributed by atoms with Crippen LogP contribution in [0.5, 0.6) is 5.75 Å². The molecule has 1 heterocycles. The number of benzene rings is 1. The van der Waals surface area contributed by atoms with Crippen molar-refractivity contribution in [2.75, 3.05) is 13.2 Å². The molecule has 0 spiro atoms. The maximum absolute atomic E-state index is 8.86. The second-order valence-electron chi connectivity index (χ2n) is 4.54. The minimum atomic E-state index is 0.0363. The number of para-hydroxylation sites is 1. The monoisotopic (exact) mass is 291 g/mol. The zero-order valence-corrected chi connectivity index (χ0v) is 12.5. The lowest BCUT2D eigenvalue weighted by atomic mass is 10.1. The molecular formula is C16H21NO2S. The third-order valence-electron chi connectivity index (χ3n) is 3.16. The molecule has 3 nitrogen and oxygen atoms in total. The van der Waals surface area contributed by atoms with Crippen LogP contribution in [0, 0.1) is 0 Å². The minimum absolute atomic E-state index is 0.0363. The molecule has 108 valence electrons. The number of hydrogen-bond donors (Lipinski definition) is 2. The van der Waals surface area contributed by atoms with Gasteiger partial charge >= 0.3 is 0 Å². The van der Waals surface area contributed by atoms with Crippen LogP contribution >= 0.6 is 11.3 Å². The van der Waals surface area contributed by atoms with Crippen molar-refractivity contribution in [3.05, 3.63) is 52.2 Å². The number of aliphatic hydroxyl groups excluding tert-OH is 1. The van der Waals surface area contributed by atoms with Gasteiger partial charge in [-0.1, -0.05) is 31.2 Å². The van der Waals surface area contributed by atoms with E-state index in [1.165, 1.54) is 4.88 Å². The van der Waals surface area contributed by atoms with Gasteiger partial charge < -0.3 is 15.2 Å². The first-order chi connectivity index (χ1) is 9.85. The van der Waals surface area contributed by atoms with Crippen molar-refractivity contribution < 1.29 is 9.84 Å². The molecule has 0 saturated carbocycles. The first-order valence-electron chi connectivity index (χ1n) is 6.93. The Morgan fingerprint density at radius 3 is 2.80 bits per heavy atom. The smallest absolute Gasteiger partial charge is 0.123 e. The summed E-state index contributed by atoms with van der Waals surface area (Å²) in [5.41, 5.74) is 1.12. The van der Waals surface area contributed by atoms with Crippen LogP contribution in [-0.4, -0.2) is 18.3 Å². The van der Waals surface area contributed by atoms with E-state index in [1.807, 2.05) is 18.2 Å². The summed E-state index contributed by atoms with van der Waals surface area (Å²) in [6.45, 7) is 3.32. The Morgan fingerprint density at radius 1 is 1.25 bits per heavy atom. The van der Waals surface area contributed by atoms with E-state index in [0.717, 1.165) is 24.3 Å². The first-order valence-corrected chi connectivity index (χ1v) is 7.81. The fourth-order valence-corrected chi connectivity index (χ4v) is 3.00. The lowest BCUT2D eigenvalue weighted by Crippen LogP contribution is -2.20. The highest BCUT2D eigenvalue weighted by atomic mass is 32.1. The maximum Gasteiger partial charge on any atom is 0.123 e. The van der Waals surface area contributed by atoms with Gasteiger partial charge in [-0.3, -0.25) is 0 Å². The zero-order valence-electron chi connectivity index (χ0n) is 11.7. The van der Waals surface area contributed by atoms with Crippen molar-refractivity contribution in [3.8, 4) is 5.75 Å². The van der Waals surface area contributed by atoms with Gasteiger partial charge in [-0.2, -0.15) is 0 Å². The molecule has 0 aliphatic carbocycles. The summed E-state index contributed by atoms with van der Waals surface area (Å²) in [5.74, 6) is 0.843. The average Bonchev–Trinajstić information content (AvgIpc) is 3.01. The summed E-state index contributed by atoms with van der Waals surface area (Å²) in [5, 5.41) is 14.5. The van der Waals surface area contributed by atoms with Crippen LogP contribution in [0.4, 0.5) is 0 Å². The molecule has 20 heavy (non-hydrogen) atoms. The van der Waals surface area contributed by atoms with Gasteiger partial charge in [-0.25, -0.2) is 0 Å². The summed E-state index contributed by atoms with van der Waals surface area (Å²) >= 11 is 1.78. The molecule has 4 heteroatoms. The molecule has 0 amide bonds. The first kappa shape index (κ1) is 15.0. The molecule has 2 rings (SSSR count). The zero-order chi connectivity index (χ0) is 14.2. The van der Waals surface area contributed by atoms with E-state index >= 15 is 0 Å². The molecule has 1 aromatic heterocycles. The quantitative estimate of drug-likeness (QED) is 0.783. The molecule has 1 atom stereocenters. The number of rotatable bonds is 8. The van der Waals surface area contributed by atoms with Gasteiger partial charge in [0.05, 0.1) is 6.61 Å². The van der Waals surface area contributed by atoms with Gasteiger partial charge in [0.25, 0.3) is 0 Å². The SMILES string of the molecule is CCC(NCc1ccccc1OCCO)c1cccs1. The molecule has 0 radical (unpaired) electrons. The summed E-state index contributed by atoms with van der Waals surface area (Å²) in [6, 6.07) is 12.6. The third kappa shape index (κ3) is 4.07. The summed E-state index contributed by atoms with van der Waals surface area (Å²) in [7, 11) is 0. The minimum Gasteiger partial charge on any atom is -0.491 e. The molecule has 2 aromatic rings. The van der Waals surface area contributed by atoms with Crippen LogP contribution in [0.15, 0.2) is 41.8 Å². The Kier molecular flexibility index (Phi) is 6.05. The highest BCUT2D eigenvalue weighted by molar-refractivity contribution is 7.10. The van der Waals surface area contributed by atoms with Gasteiger partial charge in [0, 0.05) is 23.0 Å². The van der Waals surface area contributed by atoms with E-state index < -0.39 is 0 Å². The predicted molar refractivity (Wildman–Crippen MR) is 83.2 cm³/mol. The number of hydrogen-bond acceptors (Lipinski definition) is 4. The Bertz CT molecular complexity index is 499. The van der Waals surface area contributed by atoms with Gasteiger partial charge in [0.15, 0.2) is 0 Å². The normalized spacial score (nSPS) is 12.3. The molecule has 1 unspecified atom stereocenters. The molecule has 1 aromatic carbocycles. The van der Waals surface area contributed by atoms with Gasteiger partial charge in [0.2, 0.25) is 0 Å². The molecule has 0 bridgehead atoms. The van der Waals surface area contributed by atoms with Crippen LogP contribution in [0.2, 0.25) is 0 Å². The Morgan fingerprint density at radius 2 is 2.10 bits per heavy atom. The van der Waals surface area contributed by atoms with Crippen molar-refractivity contribution in [3.63, 3.8) is 0 Å². The second kappa shape index (κ2) is 8.04. The standard InChI is InChI=1S/C16H21NO2S/c1-2-14(16-8-5-11-20-16)17-12-13-6-3-4-7-15(13)19-10-9-18/h3-8,11,14,17-18H,2,9-10,12H2,1H3. The lowest BCUT2D eigenvalue weighted by molar-refractivity contribution is 0.200. The lowest BCUT2D eigenvalue weighted by Gasteiger charge is -2.17. The Labute approximate surface area is 124 Å². The number of aliphatic hydroxyl groups is 1. The van der Waals surface area contributed by atoms with E-state index in [1.54, 1.807) is 11.3 Å². The van der Waals surface area contributed by atoms with Crippen molar-refractivity contribution in [1.82, 2.24) is 5.32 Å².